The van der Waals surface area contributed by atoms with E-state index in [-0.39, 0.29) is 0 Å². The van der Waals surface area contributed by atoms with Crippen LogP contribution in [0.1, 0.15) is 5.56 Å². The van der Waals surface area contributed by atoms with Crippen LogP contribution in [0.3, 0.4) is 0 Å². The second-order valence-corrected chi connectivity index (χ2v) is 2.91. The van der Waals surface area contributed by atoms with Gasteiger partial charge in [-0.15, -0.1) is 0 Å². The number of aliphatic carboxylic acids is 1. The summed E-state index contributed by atoms with van der Waals surface area (Å²) in [4.78, 5) is 14.9. The van der Waals surface area contributed by atoms with E-state index in [0.29, 0.717) is 12.2 Å². The first-order valence-corrected chi connectivity index (χ1v) is 4.07. The largest absolute Gasteiger partial charge is 0.480 e. The topological polar surface area (TPSA) is 98.6 Å². The molecular weight excluding hydrogens is 184 g/mol. The summed E-state index contributed by atoms with van der Waals surface area (Å²) in [7, 11) is 0. The highest BCUT2D eigenvalue weighted by Crippen LogP contribution is 2.11. The zero-order chi connectivity index (χ0) is 10.6. The summed E-state index contributed by atoms with van der Waals surface area (Å²) in [5.74, 6) is 4.45. The summed E-state index contributed by atoms with van der Waals surface area (Å²) in [6.45, 7) is 0. The Morgan fingerprint density at radius 3 is 2.43 bits per heavy atom. The molecular formula is C9H12N2O3. The third-order valence-corrected chi connectivity index (χ3v) is 1.83. The Labute approximate surface area is 81.2 Å². The van der Waals surface area contributed by atoms with E-state index in [1.807, 2.05) is 0 Å². The Hall–Kier alpha value is -1.59. The van der Waals surface area contributed by atoms with Crippen LogP contribution in [0, 0.1) is 0 Å². The molecule has 0 heterocycles. The molecule has 0 unspecified atom stereocenters. The number of carboxylic acid groups (broad SMARTS) is 1. The van der Waals surface area contributed by atoms with Gasteiger partial charge in [0.1, 0.15) is 11.8 Å². The summed E-state index contributed by atoms with van der Waals surface area (Å²) in [6, 6.07) is 5.89. The molecule has 0 aliphatic rings. The molecule has 0 spiro atoms. The number of hydrogen-bond acceptors (Lipinski definition) is 4. The second-order valence-electron chi connectivity index (χ2n) is 2.91. The van der Waals surface area contributed by atoms with Crippen LogP contribution in [-0.2, 0) is 11.2 Å². The molecule has 5 N–H and O–H groups in total. The van der Waals surface area contributed by atoms with Gasteiger partial charge in [0, 0.05) is 0 Å². The van der Waals surface area contributed by atoms with E-state index in [9.17, 15) is 4.79 Å². The molecule has 14 heavy (non-hydrogen) atoms. The predicted molar refractivity (Wildman–Crippen MR) is 50.6 cm³/mol. The highest BCUT2D eigenvalue weighted by atomic mass is 16.6. The van der Waals surface area contributed by atoms with Crippen LogP contribution in [0.25, 0.3) is 0 Å². The molecule has 1 atom stereocenters. The Balaban J connectivity index is 2.64. The lowest BCUT2D eigenvalue weighted by Crippen LogP contribution is -2.32. The Morgan fingerprint density at radius 1 is 1.43 bits per heavy atom. The minimum Gasteiger partial charge on any atom is -0.480 e. The lowest BCUT2D eigenvalue weighted by Gasteiger charge is -2.06. The van der Waals surface area contributed by atoms with Crippen molar-refractivity contribution in [2.24, 2.45) is 11.6 Å². The molecule has 5 nitrogen and oxygen atoms in total. The maximum atomic E-state index is 10.5. The number of nitrogens with two attached hydrogens (primary N) is 2. The predicted octanol–water partition coefficient (Wildman–Crippen LogP) is -0.106. The second kappa shape index (κ2) is 4.59. The molecule has 0 amide bonds. The molecule has 0 fully saturated rings. The average Bonchev–Trinajstić information content (AvgIpc) is 2.19. The Morgan fingerprint density at radius 2 is 2.00 bits per heavy atom. The van der Waals surface area contributed by atoms with Gasteiger partial charge in [0.2, 0.25) is 0 Å². The molecule has 1 rings (SSSR count). The summed E-state index contributed by atoms with van der Waals surface area (Å²) >= 11 is 0. The van der Waals surface area contributed by atoms with Gasteiger partial charge in [0.05, 0.1) is 0 Å². The van der Waals surface area contributed by atoms with Crippen LogP contribution < -0.4 is 16.5 Å². The van der Waals surface area contributed by atoms with Gasteiger partial charge < -0.3 is 15.7 Å². The molecule has 1 aromatic carbocycles. The normalized spacial score (nSPS) is 12.1. The van der Waals surface area contributed by atoms with Gasteiger partial charge in [-0.3, -0.25) is 4.79 Å². The van der Waals surface area contributed by atoms with Gasteiger partial charge in [0.15, 0.2) is 0 Å². The number of hydrogen-bond donors (Lipinski definition) is 3. The number of benzene rings is 1. The van der Waals surface area contributed by atoms with Gasteiger partial charge in [-0.05, 0) is 24.1 Å². The summed E-state index contributed by atoms with van der Waals surface area (Å²) in [5.41, 5.74) is 6.20. The van der Waals surface area contributed by atoms with Crippen LogP contribution in [0.4, 0.5) is 0 Å². The number of carboxylic acids is 1. The van der Waals surface area contributed by atoms with E-state index in [1.54, 1.807) is 24.3 Å². The minimum absolute atomic E-state index is 0.292. The summed E-state index contributed by atoms with van der Waals surface area (Å²) < 4.78 is 0. The fourth-order valence-corrected chi connectivity index (χ4v) is 1.05. The van der Waals surface area contributed by atoms with Crippen molar-refractivity contribution in [2.45, 2.75) is 12.5 Å². The number of rotatable bonds is 4. The molecule has 0 aromatic heterocycles. The molecule has 5 heteroatoms. The maximum Gasteiger partial charge on any atom is 0.320 e. The van der Waals surface area contributed by atoms with Crippen molar-refractivity contribution in [2.75, 3.05) is 0 Å². The summed E-state index contributed by atoms with van der Waals surface area (Å²) in [6.07, 6.45) is 0.292. The van der Waals surface area contributed by atoms with Crippen LogP contribution in [0.15, 0.2) is 24.3 Å². The molecule has 1 aromatic rings. The van der Waals surface area contributed by atoms with Crippen LogP contribution in [-0.4, -0.2) is 17.1 Å². The molecule has 0 saturated heterocycles. The smallest absolute Gasteiger partial charge is 0.320 e. The van der Waals surface area contributed by atoms with E-state index in [2.05, 4.69) is 4.84 Å². The monoisotopic (exact) mass is 196 g/mol. The van der Waals surface area contributed by atoms with Crippen LogP contribution in [0.2, 0.25) is 0 Å². The molecule has 0 saturated carbocycles. The summed E-state index contributed by atoms with van der Waals surface area (Å²) in [5, 5.41) is 8.57. The first-order valence-electron chi connectivity index (χ1n) is 4.07. The van der Waals surface area contributed by atoms with Crippen molar-refractivity contribution >= 4 is 5.97 Å². The lowest BCUT2D eigenvalue weighted by molar-refractivity contribution is -0.138. The highest BCUT2D eigenvalue weighted by molar-refractivity contribution is 5.73. The van der Waals surface area contributed by atoms with Gasteiger partial charge >= 0.3 is 5.97 Å². The molecule has 0 bridgehead atoms. The molecule has 0 radical (unpaired) electrons. The first kappa shape index (κ1) is 10.5. The van der Waals surface area contributed by atoms with Crippen molar-refractivity contribution in [3.8, 4) is 5.75 Å². The van der Waals surface area contributed by atoms with Gasteiger partial charge in [-0.1, -0.05) is 12.1 Å². The van der Waals surface area contributed by atoms with E-state index >= 15 is 0 Å². The molecule has 76 valence electrons. The van der Waals surface area contributed by atoms with Gasteiger partial charge in [-0.25, -0.2) is 0 Å². The molecule has 0 aliphatic heterocycles. The van der Waals surface area contributed by atoms with Crippen molar-refractivity contribution in [3.05, 3.63) is 29.8 Å². The zero-order valence-electron chi connectivity index (χ0n) is 7.51. The molecule has 0 aliphatic carbocycles. The van der Waals surface area contributed by atoms with E-state index in [4.69, 9.17) is 16.7 Å². The first-order chi connectivity index (χ1) is 6.63. The fraction of sp³-hybridized carbons (Fsp3) is 0.222. The van der Waals surface area contributed by atoms with Gasteiger partial charge in [0.25, 0.3) is 0 Å². The SMILES string of the molecule is NOc1ccc(C[C@H](N)C(=O)O)cc1. The fourth-order valence-electron chi connectivity index (χ4n) is 1.05. The Bertz CT molecular complexity index is 310. The maximum absolute atomic E-state index is 10.5. The highest BCUT2D eigenvalue weighted by Gasteiger charge is 2.11. The number of carbonyl (C=O) groups is 1. The van der Waals surface area contributed by atoms with Crippen molar-refractivity contribution in [1.82, 2.24) is 0 Å². The average molecular weight is 196 g/mol. The zero-order valence-corrected chi connectivity index (χ0v) is 7.51. The van der Waals surface area contributed by atoms with Gasteiger partial charge in [-0.2, -0.15) is 5.90 Å². The standard InChI is InChI=1S/C9H12N2O3/c10-8(9(12)13)5-6-1-3-7(14-11)4-2-6/h1-4,8H,5,10-11H2,(H,12,13)/t8-/m0/s1. The quantitative estimate of drug-likeness (QED) is 0.584. The van der Waals surface area contributed by atoms with Crippen molar-refractivity contribution in [1.29, 1.82) is 0 Å². The van der Waals surface area contributed by atoms with Crippen molar-refractivity contribution in [3.63, 3.8) is 0 Å². The third kappa shape index (κ3) is 2.72. The van der Waals surface area contributed by atoms with E-state index in [1.165, 1.54) is 0 Å². The van der Waals surface area contributed by atoms with E-state index in [0.717, 1.165) is 5.56 Å². The Kier molecular flexibility index (Phi) is 3.44. The van der Waals surface area contributed by atoms with Crippen molar-refractivity contribution < 1.29 is 14.7 Å². The van der Waals surface area contributed by atoms with Crippen LogP contribution >= 0.6 is 0 Å². The lowest BCUT2D eigenvalue weighted by atomic mass is 10.1. The van der Waals surface area contributed by atoms with E-state index < -0.39 is 12.0 Å². The third-order valence-electron chi connectivity index (χ3n) is 1.83. The van der Waals surface area contributed by atoms with Crippen LogP contribution in [0.5, 0.6) is 5.75 Å². The minimum atomic E-state index is -1.01.